The van der Waals surface area contributed by atoms with Crippen LogP contribution < -0.4 is 16.0 Å². The van der Waals surface area contributed by atoms with Gasteiger partial charge in [0.25, 0.3) is 5.91 Å². The summed E-state index contributed by atoms with van der Waals surface area (Å²) in [6.07, 6.45) is -6.61. The first-order valence-electron chi connectivity index (χ1n) is 12.8. The highest BCUT2D eigenvalue weighted by molar-refractivity contribution is 9.10. The fraction of sp³-hybridized carbons (Fsp3) is 0.276. The van der Waals surface area contributed by atoms with Gasteiger partial charge in [0.1, 0.15) is 21.4 Å². The number of amides is 3. The first-order chi connectivity index (χ1) is 20.6. The molecule has 0 aliphatic carbocycles. The van der Waals surface area contributed by atoms with E-state index in [0.717, 1.165) is 30.3 Å². The summed E-state index contributed by atoms with van der Waals surface area (Å²) >= 11 is 21.7. The molecule has 0 unspecified atom stereocenters. The molecule has 0 atom stereocenters. The molecule has 0 saturated heterocycles. The van der Waals surface area contributed by atoms with Gasteiger partial charge in [-0.1, -0.05) is 27.5 Å². The van der Waals surface area contributed by atoms with Gasteiger partial charge in [0, 0.05) is 16.6 Å². The Kier molecular flexibility index (Phi) is 11.4. The quantitative estimate of drug-likeness (QED) is 0.158. The van der Waals surface area contributed by atoms with Crippen LogP contribution in [0.15, 0.2) is 53.0 Å². The number of carbonyl (C=O) groups is 3. The van der Waals surface area contributed by atoms with Crippen molar-refractivity contribution < 1.29 is 41.1 Å². The van der Waals surface area contributed by atoms with Crippen LogP contribution in [0.25, 0.3) is 0 Å². The molecule has 0 saturated carbocycles. The molecule has 3 rings (SSSR count). The Hall–Kier alpha value is -3.13. The zero-order valence-corrected chi connectivity index (χ0v) is 27.4. The summed E-state index contributed by atoms with van der Waals surface area (Å²) in [6.45, 7) is 4.66. The van der Waals surface area contributed by atoms with Crippen LogP contribution in [-0.4, -0.2) is 27.8 Å². The molecule has 0 spiro atoms. The summed E-state index contributed by atoms with van der Waals surface area (Å²) in [6, 6.07) is 8.63. The van der Waals surface area contributed by atoms with Gasteiger partial charge in [-0.15, -0.1) is 23.2 Å². The van der Waals surface area contributed by atoms with Gasteiger partial charge in [-0.2, -0.15) is 13.2 Å². The molecule has 3 aromatic carbocycles. The molecule has 3 aromatic rings. The maximum Gasteiger partial charge on any atom is 0.416 e. The summed E-state index contributed by atoms with van der Waals surface area (Å²) in [5.41, 5.74) is -3.30. The van der Waals surface area contributed by atoms with Gasteiger partial charge >= 0.3 is 12.3 Å². The summed E-state index contributed by atoms with van der Waals surface area (Å²) in [5.74, 6) is -4.14. The smallest absolute Gasteiger partial charge is 0.416 e. The zero-order valence-electron chi connectivity index (χ0n) is 23.6. The normalized spacial score (nSPS) is 12.0. The molecule has 0 aliphatic heterocycles. The van der Waals surface area contributed by atoms with Crippen molar-refractivity contribution in [3.63, 3.8) is 0 Å². The topological polar surface area (TPSA) is 96.5 Å². The molecule has 0 radical (unpaired) electrons. The lowest BCUT2D eigenvalue weighted by atomic mass is 10.0. The molecular formula is C29H24BrCl3F5N3O4. The van der Waals surface area contributed by atoms with E-state index < -0.39 is 69.0 Å². The summed E-state index contributed by atoms with van der Waals surface area (Å²) in [4.78, 5) is 37.7. The van der Waals surface area contributed by atoms with Crippen molar-refractivity contribution >= 4 is 85.7 Å². The highest BCUT2D eigenvalue weighted by atomic mass is 79.9. The number of benzene rings is 3. The third kappa shape index (κ3) is 10.7. The van der Waals surface area contributed by atoms with Crippen molar-refractivity contribution in [2.45, 2.75) is 49.7 Å². The predicted molar refractivity (Wildman–Crippen MR) is 166 cm³/mol. The number of carbonyl (C=O) groups excluding carboxylic acids is 3. The molecule has 0 aliphatic rings. The molecule has 0 heterocycles. The van der Waals surface area contributed by atoms with E-state index >= 15 is 4.39 Å². The molecule has 3 N–H and O–H groups in total. The number of ether oxygens (including phenoxy) is 1. The minimum atomic E-state index is -4.61. The van der Waals surface area contributed by atoms with Crippen molar-refractivity contribution in [2.75, 3.05) is 16.0 Å². The second-order valence-electron chi connectivity index (χ2n) is 10.7. The average Bonchev–Trinajstić information content (AvgIpc) is 2.86. The summed E-state index contributed by atoms with van der Waals surface area (Å²) in [7, 11) is 0. The number of hydrogen-bond acceptors (Lipinski definition) is 4. The fourth-order valence-electron chi connectivity index (χ4n) is 3.85. The van der Waals surface area contributed by atoms with Gasteiger partial charge in [0.15, 0.2) is 5.82 Å². The standard InChI is InChI=1S/C29H24BrCl3F5N3O4/c1-27(2,3)45-26(44)41-24-20(34)6-7-21(23(24)35)40-25(43)18-11-17(4-5-19(18)31)39-22(42)13-28(32,33)12-14-8-15(29(36,37)38)10-16(30)9-14/h4-11H,12-13H2,1-3H3,(H,39,42)(H,40,43)(H,41,44). The lowest BCUT2D eigenvalue weighted by Crippen LogP contribution is -2.28. The Morgan fingerprint density at radius 3 is 2.20 bits per heavy atom. The minimum absolute atomic E-state index is 0.0485. The van der Waals surface area contributed by atoms with Crippen LogP contribution >= 0.6 is 50.7 Å². The minimum Gasteiger partial charge on any atom is -0.444 e. The number of nitrogens with one attached hydrogen (secondary N) is 3. The van der Waals surface area contributed by atoms with E-state index in [9.17, 15) is 31.9 Å². The van der Waals surface area contributed by atoms with Crippen molar-refractivity contribution in [2.24, 2.45) is 0 Å². The first-order valence-corrected chi connectivity index (χ1v) is 14.7. The van der Waals surface area contributed by atoms with Crippen LogP contribution in [0.3, 0.4) is 0 Å². The Morgan fingerprint density at radius 1 is 0.911 bits per heavy atom. The van der Waals surface area contributed by atoms with Crippen LogP contribution in [0.2, 0.25) is 5.02 Å². The largest absolute Gasteiger partial charge is 0.444 e. The number of alkyl halides is 5. The molecule has 3 amide bonds. The SMILES string of the molecule is CC(C)(C)OC(=O)Nc1c(F)ccc(NC(=O)c2cc(NC(=O)CC(Cl)(Cl)Cc3cc(Br)cc(C(F)(F)F)c3)ccc2Cl)c1F. The van der Waals surface area contributed by atoms with Gasteiger partial charge in [0.2, 0.25) is 5.91 Å². The molecule has 0 bridgehead atoms. The van der Waals surface area contributed by atoms with Crippen LogP contribution in [0.4, 0.5) is 43.8 Å². The van der Waals surface area contributed by atoms with Crippen molar-refractivity contribution in [3.8, 4) is 0 Å². The van der Waals surface area contributed by atoms with E-state index in [4.69, 9.17) is 39.5 Å². The molecule has 242 valence electrons. The van der Waals surface area contributed by atoms with Gasteiger partial charge < -0.3 is 15.4 Å². The maximum absolute atomic E-state index is 15.1. The zero-order chi connectivity index (χ0) is 33.9. The Bertz CT molecular complexity index is 1630. The fourth-order valence-corrected chi connectivity index (χ4v) is 5.15. The third-order valence-corrected chi connectivity index (χ3v) is 6.95. The predicted octanol–water partition coefficient (Wildman–Crippen LogP) is 9.74. The molecule has 0 aromatic heterocycles. The van der Waals surface area contributed by atoms with E-state index in [0.29, 0.717) is 0 Å². The molecular weight excluding hydrogens is 736 g/mol. The highest BCUT2D eigenvalue weighted by Crippen LogP contribution is 2.36. The van der Waals surface area contributed by atoms with E-state index in [1.165, 1.54) is 18.2 Å². The lowest BCUT2D eigenvalue weighted by Gasteiger charge is -2.20. The van der Waals surface area contributed by atoms with Crippen LogP contribution in [0.1, 0.15) is 48.7 Å². The second-order valence-corrected chi connectivity index (χ2v) is 13.6. The molecule has 45 heavy (non-hydrogen) atoms. The van der Waals surface area contributed by atoms with E-state index in [1.807, 2.05) is 5.32 Å². The Labute approximate surface area is 277 Å². The molecule has 7 nitrogen and oxygen atoms in total. The van der Waals surface area contributed by atoms with Crippen molar-refractivity contribution in [1.29, 1.82) is 0 Å². The first kappa shape index (κ1) is 36.3. The maximum atomic E-state index is 15.1. The van der Waals surface area contributed by atoms with Gasteiger partial charge in [-0.25, -0.2) is 13.6 Å². The molecule has 0 fully saturated rings. The average molecular weight is 760 g/mol. The van der Waals surface area contributed by atoms with E-state index in [1.54, 1.807) is 20.8 Å². The monoisotopic (exact) mass is 757 g/mol. The number of hydrogen-bond donors (Lipinski definition) is 3. The Balaban J connectivity index is 1.73. The van der Waals surface area contributed by atoms with E-state index in [2.05, 4.69) is 26.6 Å². The number of anilines is 3. The summed E-state index contributed by atoms with van der Waals surface area (Å²) < 4.78 is 72.2. The second kappa shape index (κ2) is 14.1. The van der Waals surface area contributed by atoms with Crippen LogP contribution in [0.5, 0.6) is 0 Å². The van der Waals surface area contributed by atoms with E-state index in [-0.39, 0.29) is 32.7 Å². The number of halogens is 9. The van der Waals surface area contributed by atoms with Crippen molar-refractivity contribution in [1.82, 2.24) is 0 Å². The van der Waals surface area contributed by atoms with Gasteiger partial charge in [-0.05, 0) is 74.9 Å². The third-order valence-electron chi connectivity index (χ3n) is 5.63. The van der Waals surface area contributed by atoms with Gasteiger partial charge in [0.05, 0.1) is 28.3 Å². The Morgan fingerprint density at radius 2 is 1.58 bits per heavy atom. The van der Waals surface area contributed by atoms with Crippen LogP contribution in [0, 0.1) is 11.6 Å². The lowest BCUT2D eigenvalue weighted by molar-refractivity contribution is -0.137. The highest BCUT2D eigenvalue weighted by Gasteiger charge is 2.33. The van der Waals surface area contributed by atoms with Gasteiger partial charge in [-0.3, -0.25) is 14.9 Å². The number of rotatable bonds is 8. The summed E-state index contributed by atoms with van der Waals surface area (Å²) in [5, 5.41) is 6.56. The molecule has 16 heteroatoms. The van der Waals surface area contributed by atoms with Crippen LogP contribution in [-0.2, 0) is 22.1 Å². The van der Waals surface area contributed by atoms with Crippen molar-refractivity contribution in [3.05, 3.63) is 86.4 Å².